The molecule has 1 saturated heterocycles. The Balaban J connectivity index is 1.70. The lowest BCUT2D eigenvalue weighted by atomic mass is 10.1. The van der Waals surface area contributed by atoms with E-state index in [4.69, 9.17) is 9.47 Å². The lowest BCUT2D eigenvalue weighted by Crippen LogP contribution is -2.47. The SMILES string of the molecule is COc1cc(C(=O)N2CCN(C)CC2)ccc1OCc1cscn1. The number of amides is 1. The molecule has 1 aromatic carbocycles. The Labute approximate surface area is 145 Å². The number of nitrogens with zero attached hydrogens (tertiary/aromatic N) is 3. The number of rotatable bonds is 5. The number of piperazine rings is 1. The van der Waals surface area contributed by atoms with Gasteiger partial charge in [0, 0.05) is 37.1 Å². The van der Waals surface area contributed by atoms with Crippen LogP contribution in [0, 0.1) is 0 Å². The Morgan fingerprint density at radius 1 is 1.25 bits per heavy atom. The minimum absolute atomic E-state index is 0.0347. The van der Waals surface area contributed by atoms with Crippen LogP contribution in [0.1, 0.15) is 16.1 Å². The monoisotopic (exact) mass is 347 g/mol. The summed E-state index contributed by atoms with van der Waals surface area (Å²) in [4.78, 5) is 20.9. The fourth-order valence-corrected chi connectivity index (χ4v) is 3.12. The standard InChI is InChI=1S/C17H21N3O3S/c1-19-5-7-20(8-6-19)17(21)13-3-4-15(16(9-13)22-2)23-10-14-11-24-12-18-14/h3-4,9,11-12H,5-8,10H2,1-2H3. The zero-order valence-corrected chi connectivity index (χ0v) is 14.7. The maximum absolute atomic E-state index is 12.6. The van der Waals surface area contributed by atoms with Gasteiger partial charge < -0.3 is 19.3 Å². The summed E-state index contributed by atoms with van der Waals surface area (Å²) in [5.41, 5.74) is 3.27. The Morgan fingerprint density at radius 3 is 2.71 bits per heavy atom. The smallest absolute Gasteiger partial charge is 0.254 e. The Kier molecular flexibility index (Phi) is 5.32. The fraction of sp³-hybridized carbons (Fsp3) is 0.412. The van der Waals surface area contributed by atoms with Gasteiger partial charge in [-0.15, -0.1) is 11.3 Å². The van der Waals surface area contributed by atoms with E-state index in [1.165, 1.54) is 11.3 Å². The van der Waals surface area contributed by atoms with Crippen LogP contribution in [0.25, 0.3) is 0 Å². The summed E-state index contributed by atoms with van der Waals surface area (Å²) in [5, 5.41) is 1.94. The summed E-state index contributed by atoms with van der Waals surface area (Å²) in [6, 6.07) is 5.32. The molecule has 3 rings (SSSR count). The summed E-state index contributed by atoms with van der Waals surface area (Å²) < 4.78 is 11.1. The molecular formula is C17H21N3O3S. The fourth-order valence-electron chi connectivity index (χ4n) is 2.57. The molecule has 1 aliphatic rings. The Bertz CT molecular complexity index is 682. The van der Waals surface area contributed by atoms with Crippen LogP contribution in [-0.2, 0) is 6.61 Å². The van der Waals surface area contributed by atoms with Gasteiger partial charge in [0.25, 0.3) is 5.91 Å². The number of benzene rings is 1. The molecule has 0 spiro atoms. The van der Waals surface area contributed by atoms with Gasteiger partial charge >= 0.3 is 0 Å². The normalized spacial score (nSPS) is 15.3. The van der Waals surface area contributed by atoms with E-state index in [9.17, 15) is 4.79 Å². The number of hydrogen-bond donors (Lipinski definition) is 0. The van der Waals surface area contributed by atoms with Crippen molar-refractivity contribution in [3.05, 3.63) is 40.3 Å². The zero-order chi connectivity index (χ0) is 16.9. The summed E-state index contributed by atoms with van der Waals surface area (Å²) >= 11 is 1.53. The second-order valence-electron chi connectivity index (χ2n) is 5.73. The van der Waals surface area contributed by atoms with Gasteiger partial charge in [-0.1, -0.05) is 0 Å². The van der Waals surface area contributed by atoms with Crippen LogP contribution in [0.2, 0.25) is 0 Å². The number of aromatic nitrogens is 1. The van der Waals surface area contributed by atoms with Crippen molar-refractivity contribution in [2.24, 2.45) is 0 Å². The first-order chi connectivity index (χ1) is 11.7. The van der Waals surface area contributed by atoms with Crippen LogP contribution in [0.5, 0.6) is 11.5 Å². The molecule has 0 unspecified atom stereocenters. The van der Waals surface area contributed by atoms with E-state index in [0.717, 1.165) is 31.9 Å². The van der Waals surface area contributed by atoms with Crippen LogP contribution >= 0.6 is 11.3 Å². The minimum atomic E-state index is 0.0347. The van der Waals surface area contributed by atoms with Crippen LogP contribution in [0.4, 0.5) is 0 Å². The molecule has 0 aliphatic carbocycles. The molecule has 1 aliphatic heterocycles. The second kappa shape index (κ2) is 7.63. The van der Waals surface area contributed by atoms with E-state index in [1.807, 2.05) is 10.3 Å². The average molecular weight is 347 g/mol. The van der Waals surface area contributed by atoms with Crippen LogP contribution in [0.15, 0.2) is 29.1 Å². The summed E-state index contributed by atoms with van der Waals surface area (Å²) in [7, 11) is 3.65. The number of carbonyl (C=O) groups is 1. The molecule has 6 nitrogen and oxygen atoms in total. The van der Waals surface area contributed by atoms with Gasteiger partial charge in [0.2, 0.25) is 0 Å². The molecule has 128 valence electrons. The van der Waals surface area contributed by atoms with Crippen LogP contribution in [-0.4, -0.2) is 61.0 Å². The van der Waals surface area contributed by atoms with Gasteiger partial charge in [-0.25, -0.2) is 4.98 Å². The van der Waals surface area contributed by atoms with Crippen molar-refractivity contribution < 1.29 is 14.3 Å². The van der Waals surface area contributed by atoms with Crippen molar-refractivity contribution >= 4 is 17.2 Å². The second-order valence-corrected chi connectivity index (χ2v) is 6.45. The summed E-state index contributed by atoms with van der Waals surface area (Å²) in [6.45, 7) is 3.68. The highest BCUT2D eigenvalue weighted by molar-refractivity contribution is 7.07. The molecule has 1 amide bonds. The average Bonchev–Trinajstić information content (AvgIpc) is 3.13. The predicted molar refractivity (Wildman–Crippen MR) is 92.8 cm³/mol. The molecule has 0 saturated carbocycles. The number of carbonyl (C=O) groups excluding carboxylic acids is 1. The topological polar surface area (TPSA) is 54.9 Å². The molecular weight excluding hydrogens is 326 g/mol. The van der Waals surface area contributed by atoms with Gasteiger partial charge in [0.15, 0.2) is 11.5 Å². The number of hydrogen-bond acceptors (Lipinski definition) is 6. The van der Waals surface area contributed by atoms with E-state index in [2.05, 4.69) is 16.9 Å². The van der Waals surface area contributed by atoms with Crippen molar-refractivity contribution in [1.29, 1.82) is 0 Å². The predicted octanol–water partition coefficient (Wildman–Crippen LogP) is 2.12. The van der Waals surface area contributed by atoms with Crippen LogP contribution in [0.3, 0.4) is 0 Å². The molecule has 24 heavy (non-hydrogen) atoms. The van der Waals surface area contributed by atoms with E-state index in [1.54, 1.807) is 30.8 Å². The molecule has 2 heterocycles. The van der Waals surface area contributed by atoms with Gasteiger partial charge in [-0.2, -0.15) is 0 Å². The number of methoxy groups -OCH3 is 1. The Morgan fingerprint density at radius 2 is 2.04 bits per heavy atom. The zero-order valence-electron chi connectivity index (χ0n) is 13.9. The maximum Gasteiger partial charge on any atom is 0.254 e. The van der Waals surface area contributed by atoms with Crippen molar-refractivity contribution in [3.8, 4) is 11.5 Å². The van der Waals surface area contributed by atoms with E-state index >= 15 is 0 Å². The first-order valence-corrected chi connectivity index (χ1v) is 8.77. The van der Waals surface area contributed by atoms with Gasteiger partial charge in [-0.3, -0.25) is 4.79 Å². The summed E-state index contributed by atoms with van der Waals surface area (Å²) in [5.74, 6) is 1.21. The lowest BCUT2D eigenvalue weighted by molar-refractivity contribution is 0.0663. The highest BCUT2D eigenvalue weighted by Crippen LogP contribution is 2.29. The van der Waals surface area contributed by atoms with E-state index in [0.29, 0.717) is 23.7 Å². The molecule has 0 radical (unpaired) electrons. The molecule has 1 aromatic heterocycles. The lowest BCUT2D eigenvalue weighted by Gasteiger charge is -2.32. The largest absolute Gasteiger partial charge is 0.493 e. The molecule has 0 atom stereocenters. The van der Waals surface area contributed by atoms with Crippen molar-refractivity contribution in [3.63, 3.8) is 0 Å². The number of thiazole rings is 1. The van der Waals surface area contributed by atoms with Gasteiger partial charge in [0.05, 0.1) is 18.3 Å². The first kappa shape index (κ1) is 16.7. The van der Waals surface area contributed by atoms with Crippen molar-refractivity contribution in [2.75, 3.05) is 40.3 Å². The third kappa shape index (κ3) is 3.85. The van der Waals surface area contributed by atoms with Crippen molar-refractivity contribution in [1.82, 2.24) is 14.8 Å². The van der Waals surface area contributed by atoms with Gasteiger partial charge in [0.1, 0.15) is 6.61 Å². The quantitative estimate of drug-likeness (QED) is 0.829. The molecule has 7 heteroatoms. The third-order valence-corrected chi connectivity index (χ3v) is 4.70. The Hall–Kier alpha value is -2.12. The first-order valence-electron chi connectivity index (χ1n) is 7.83. The van der Waals surface area contributed by atoms with Crippen LogP contribution < -0.4 is 9.47 Å². The number of likely N-dealkylation sites (N-methyl/N-ethyl adjacent to an activating group) is 1. The minimum Gasteiger partial charge on any atom is -0.493 e. The van der Waals surface area contributed by atoms with E-state index < -0.39 is 0 Å². The number of ether oxygens (including phenoxy) is 2. The van der Waals surface area contributed by atoms with Gasteiger partial charge in [-0.05, 0) is 25.2 Å². The molecule has 0 N–H and O–H groups in total. The molecule has 1 fully saturated rings. The maximum atomic E-state index is 12.6. The molecule has 2 aromatic rings. The summed E-state index contributed by atoms with van der Waals surface area (Å²) in [6.07, 6.45) is 0. The van der Waals surface area contributed by atoms with Crippen molar-refractivity contribution in [2.45, 2.75) is 6.61 Å². The molecule has 0 bridgehead atoms. The highest BCUT2D eigenvalue weighted by atomic mass is 32.1. The highest BCUT2D eigenvalue weighted by Gasteiger charge is 2.21. The van der Waals surface area contributed by atoms with E-state index in [-0.39, 0.29) is 5.91 Å². The third-order valence-electron chi connectivity index (χ3n) is 4.06.